The van der Waals surface area contributed by atoms with Gasteiger partial charge in [0, 0.05) is 5.56 Å². The molecular formula is C14H12FN2O2. The van der Waals surface area contributed by atoms with Crippen molar-refractivity contribution in [2.24, 2.45) is 5.73 Å². The Morgan fingerprint density at radius 2 is 2.05 bits per heavy atom. The van der Waals surface area contributed by atoms with Crippen LogP contribution in [0.25, 0.3) is 11.1 Å². The van der Waals surface area contributed by atoms with Crippen LogP contribution in [0.15, 0.2) is 36.5 Å². The van der Waals surface area contributed by atoms with Crippen molar-refractivity contribution in [3.63, 3.8) is 0 Å². The van der Waals surface area contributed by atoms with Crippen LogP contribution in [0, 0.1) is 12.2 Å². The van der Waals surface area contributed by atoms with Crippen LogP contribution in [0.4, 0.5) is 4.39 Å². The van der Waals surface area contributed by atoms with E-state index in [2.05, 4.69) is 4.98 Å². The predicted molar refractivity (Wildman–Crippen MR) is 68.8 cm³/mol. The summed E-state index contributed by atoms with van der Waals surface area (Å²) in [5.74, 6) is -0.616. The Labute approximate surface area is 110 Å². The molecular weight excluding hydrogens is 247 g/mol. The molecule has 97 valence electrons. The largest absolute Gasteiger partial charge is 0.481 e. The van der Waals surface area contributed by atoms with Gasteiger partial charge in [-0.15, -0.1) is 0 Å². The van der Waals surface area contributed by atoms with E-state index in [0.717, 1.165) is 11.8 Å². The first-order valence-electron chi connectivity index (χ1n) is 5.54. The number of amides is 1. The molecule has 0 aliphatic carbocycles. The number of methoxy groups -OCH3 is 1. The number of carbonyl (C=O) groups is 1. The Kier molecular flexibility index (Phi) is 3.75. The van der Waals surface area contributed by atoms with Gasteiger partial charge in [0.25, 0.3) is 0 Å². The number of ether oxygens (including phenoxy) is 1. The molecule has 2 N–H and O–H groups in total. The summed E-state index contributed by atoms with van der Waals surface area (Å²) in [5.41, 5.74) is 7.04. The van der Waals surface area contributed by atoms with Gasteiger partial charge in [-0.25, -0.2) is 9.37 Å². The number of hydrogen-bond acceptors (Lipinski definition) is 3. The lowest BCUT2D eigenvalue weighted by atomic mass is 10.0. The average Bonchev–Trinajstić information content (AvgIpc) is 2.39. The molecule has 0 fully saturated rings. The maximum atomic E-state index is 13.2. The lowest BCUT2D eigenvalue weighted by molar-refractivity contribution is -0.114. The zero-order valence-corrected chi connectivity index (χ0v) is 10.3. The van der Waals surface area contributed by atoms with E-state index in [1.54, 1.807) is 24.3 Å². The molecule has 0 saturated heterocycles. The summed E-state index contributed by atoms with van der Waals surface area (Å²) in [6, 6.07) is 8.26. The van der Waals surface area contributed by atoms with Gasteiger partial charge in [0.15, 0.2) is 0 Å². The molecule has 4 nitrogen and oxygen atoms in total. The molecule has 0 unspecified atom stereocenters. The van der Waals surface area contributed by atoms with Gasteiger partial charge in [-0.2, -0.15) is 0 Å². The molecule has 1 heterocycles. The van der Waals surface area contributed by atoms with Crippen molar-refractivity contribution >= 4 is 5.91 Å². The molecule has 2 rings (SSSR count). The van der Waals surface area contributed by atoms with E-state index in [9.17, 15) is 9.18 Å². The van der Waals surface area contributed by atoms with Gasteiger partial charge >= 0.3 is 0 Å². The molecule has 1 amide bonds. The van der Waals surface area contributed by atoms with Crippen LogP contribution in [0.3, 0.4) is 0 Å². The monoisotopic (exact) mass is 259 g/mol. The lowest BCUT2D eigenvalue weighted by Crippen LogP contribution is -2.11. The fraction of sp³-hybridized carbons (Fsp3) is 0.0714. The Hall–Kier alpha value is -2.43. The molecule has 5 heteroatoms. The molecule has 1 aromatic carbocycles. The van der Waals surface area contributed by atoms with Crippen molar-refractivity contribution in [1.82, 2.24) is 4.98 Å². The number of primary amides is 1. The summed E-state index contributed by atoms with van der Waals surface area (Å²) >= 11 is 0. The normalized spacial score (nSPS) is 10.2. The summed E-state index contributed by atoms with van der Waals surface area (Å²) in [5, 5.41) is 0. The molecule has 0 aliphatic heterocycles. The van der Waals surface area contributed by atoms with Crippen molar-refractivity contribution in [3.05, 3.63) is 54.3 Å². The predicted octanol–water partition coefficient (Wildman–Crippen LogP) is 1.93. The van der Waals surface area contributed by atoms with Crippen LogP contribution in [0.5, 0.6) is 5.88 Å². The zero-order valence-electron chi connectivity index (χ0n) is 10.3. The van der Waals surface area contributed by atoms with Gasteiger partial charge in [-0.3, -0.25) is 4.79 Å². The van der Waals surface area contributed by atoms with Gasteiger partial charge in [-0.1, -0.05) is 24.3 Å². The molecule has 0 bridgehead atoms. The third-order valence-electron chi connectivity index (χ3n) is 2.54. The highest BCUT2D eigenvalue weighted by Gasteiger charge is 2.09. The van der Waals surface area contributed by atoms with E-state index < -0.39 is 11.7 Å². The number of rotatable bonds is 4. The third kappa shape index (κ3) is 3.07. The summed E-state index contributed by atoms with van der Waals surface area (Å²) in [6.45, 7) is 0. The maximum Gasteiger partial charge on any atom is 0.226 e. The molecule has 2 aromatic rings. The van der Waals surface area contributed by atoms with Crippen LogP contribution in [-0.2, 0) is 4.79 Å². The Bertz CT molecular complexity index is 597. The second-order valence-corrected chi connectivity index (χ2v) is 3.88. The summed E-state index contributed by atoms with van der Waals surface area (Å²) in [4.78, 5) is 14.6. The Morgan fingerprint density at radius 3 is 2.63 bits per heavy atom. The first-order chi connectivity index (χ1) is 9.10. The number of hydrogen-bond donors (Lipinski definition) is 1. The molecule has 0 spiro atoms. The maximum absolute atomic E-state index is 13.2. The minimum Gasteiger partial charge on any atom is -0.481 e. The number of nitrogens with zero attached hydrogens (tertiary/aromatic N) is 1. The van der Waals surface area contributed by atoms with Gasteiger partial charge in [0.05, 0.1) is 19.7 Å². The standard InChI is InChI=1S/C14H12FN2O2/c1-19-14-12(7-11(15)8-17-14)10-4-2-9(3-5-10)6-13(16)18/h2-8H,1H3,(H2,16,18). The average molecular weight is 259 g/mol. The summed E-state index contributed by atoms with van der Waals surface area (Å²) in [7, 11) is 1.47. The van der Waals surface area contributed by atoms with E-state index >= 15 is 0 Å². The summed E-state index contributed by atoms with van der Waals surface area (Å²) in [6.07, 6.45) is 2.41. The molecule has 0 saturated carbocycles. The minimum absolute atomic E-state index is 0.341. The minimum atomic E-state index is -0.516. The number of pyridine rings is 1. The van der Waals surface area contributed by atoms with E-state index in [0.29, 0.717) is 17.0 Å². The highest BCUT2D eigenvalue weighted by molar-refractivity contribution is 5.87. The van der Waals surface area contributed by atoms with Crippen LogP contribution in [0.2, 0.25) is 0 Å². The smallest absolute Gasteiger partial charge is 0.226 e. The topological polar surface area (TPSA) is 65.2 Å². The second-order valence-electron chi connectivity index (χ2n) is 3.88. The van der Waals surface area contributed by atoms with Gasteiger partial charge in [0.1, 0.15) is 5.82 Å². The second kappa shape index (κ2) is 5.48. The number of aromatic nitrogens is 1. The first kappa shape index (κ1) is 13.0. The fourth-order valence-electron chi connectivity index (χ4n) is 1.72. The van der Waals surface area contributed by atoms with Crippen molar-refractivity contribution in [1.29, 1.82) is 0 Å². The molecule has 1 radical (unpaired) electrons. The van der Waals surface area contributed by atoms with E-state index in [1.807, 2.05) is 0 Å². The first-order valence-corrected chi connectivity index (χ1v) is 5.54. The van der Waals surface area contributed by atoms with Crippen LogP contribution in [0.1, 0.15) is 5.56 Å². The zero-order chi connectivity index (χ0) is 13.8. The lowest BCUT2D eigenvalue weighted by Gasteiger charge is -2.08. The van der Waals surface area contributed by atoms with E-state index in [-0.39, 0.29) is 0 Å². The van der Waals surface area contributed by atoms with E-state index in [4.69, 9.17) is 10.5 Å². The number of nitrogens with two attached hydrogens (primary N) is 1. The van der Waals surface area contributed by atoms with Crippen molar-refractivity contribution < 1.29 is 13.9 Å². The van der Waals surface area contributed by atoms with Gasteiger partial charge in [0.2, 0.25) is 11.8 Å². The van der Waals surface area contributed by atoms with E-state index in [1.165, 1.54) is 19.6 Å². The van der Waals surface area contributed by atoms with Crippen LogP contribution >= 0.6 is 0 Å². The molecule has 0 atom stereocenters. The van der Waals surface area contributed by atoms with Crippen molar-refractivity contribution in [2.75, 3.05) is 7.11 Å². The van der Waals surface area contributed by atoms with Gasteiger partial charge in [-0.05, 0) is 17.2 Å². The third-order valence-corrected chi connectivity index (χ3v) is 2.54. The number of carbonyl (C=O) groups excluding carboxylic acids is 1. The highest BCUT2D eigenvalue weighted by Crippen LogP contribution is 2.28. The quantitative estimate of drug-likeness (QED) is 0.912. The Morgan fingerprint density at radius 1 is 1.37 bits per heavy atom. The SMILES string of the molecule is COc1ncc(F)cc1-c1ccc([CH]C(N)=O)cc1. The molecule has 1 aromatic heterocycles. The number of halogens is 1. The fourth-order valence-corrected chi connectivity index (χ4v) is 1.72. The molecule has 0 aliphatic rings. The van der Waals surface area contributed by atoms with Crippen molar-refractivity contribution in [3.8, 4) is 17.0 Å². The highest BCUT2D eigenvalue weighted by atomic mass is 19.1. The summed E-state index contributed by atoms with van der Waals surface area (Å²) < 4.78 is 18.3. The molecule has 19 heavy (non-hydrogen) atoms. The van der Waals surface area contributed by atoms with Crippen LogP contribution < -0.4 is 10.5 Å². The van der Waals surface area contributed by atoms with Crippen LogP contribution in [-0.4, -0.2) is 18.0 Å². The number of benzene rings is 1. The van der Waals surface area contributed by atoms with Gasteiger partial charge < -0.3 is 10.5 Å². The Balaban J connectivity index is 2.36. The van der Waals surface area contributed by atoms with Crippen molar-refractivity contribution in [2.45, 2.75) is 0 Å².